The zero-order chi connectivity index (χ0) is 18.8. The lowest BCUT2D eigenvalue weighted by molar-refractivity contribution is -0.0588. The Kier molecular flexibility index (Phi) is 5.08. The Labute approximate surface area is 152 Å². The van der Waals surface area contributed by atoms with Gasteiger partial charge in [0, 0.05) is 13.1 Å². The van der Waals surface area contributed by atoms with Crippen molar-refractivity contribution in [3.05, 3.63) is 51.9 Å². The number of amides is 1. The molecule has 7 heteroatoms. The van der Waals surface area contributed by atoms with Gasteiger partial charge in [-0.1, -0.05) is 17.7 Å². The summed E-state index contributed by atoms with van der Waals surface area (Å²) < 4.78 is 12.2. The lowest BCUT2D eigenvalue weighted by Crippen LogP contribution is -2.48. The Hall–Kier alpha value is -2.67. The molecule has 1 aliphatic heterocycles. The summed E-state index contributed by atoms with van der Waals surface area (Å²) in [6, 6.07) is 8.67. The monoisotopic (exact) mass is 357 g/mol. The van der Waals surface area contributed by atoms with Crippen molar-refractivity contribution in [2.45, 2.75) is 33.0 Å². The molecule has 0 N–H and O–H groups in total. The number of morpholine rings is 1. The van der Waals surface area contributed by atoms with E-state index in [9.17, 15) is 9.59 Å². The van der Waals surface area contributed by atoms with Gasteiger partial charge in [0.2, 0.25) is 0 Å². The number of hydrogen-bond acceptors (Lipinski definition) is 5. The van der Waals surface area contributed by atoms with Crippen molar-refractivity contribution in [3.8, 4) is 11.4 Å². The maximum atomic E-state index is 13.0. The normalized spacial score (nSPS) is 20.1. The quantitative estimate of drug-likeness (QED) is 0.837. The molecule has 1 amide bonds. The third kappa shape index (κ3) is 3.62. The molecule has 7 nitrogen and oxygen atoms in total. The molecule has 0 aliphatic carbocycles. The number of rotatable bonds is 3. The van der Waals surface area contributed by atoms with Crippen molar-refractivity contribution in [1.82, 2.24) is 14.7 Å². The van der Waals surface area contributed by atoms with Crippen LogP contribution in [0.4, 0.5) is 0 Å². The Morgan fingerprint density at radius 2 is 1.81 bits per heavy atom. The Morgan fingerprint density at radius 3 is 2.38 bits per heavy atom. The van der Waals surface area contributed by atoms with Crippen LogP contribution in [0.5, 0.6) is 5.75 Å². The number of methoxy groups -OCH3 is 1. The molecule has 1 aliphatic rings. The van der Waals surface area contributed by atoms with E-state index in [1.807, 2.05) is 32.9 Å². The number of aryl methyl sites for hydroxylation is 1. The summed E-state index contributed by atoms with van der Waals surface area (Å²) in [5.41, 5.74) is 1.43. The summed E-state index contributed by atoms with van der Waals surface area (Å²) in [7, 11) is 1.42. The standard InChI is InChI=1S/C19H23N3O4/c1-12-5-7-15(8-6-12)22-17(23)9-16(25-4)18(20-22)19(24)21-10-13(2)26-14(3)11-21/h5-9,13-14H,10-11H2,1-4H3/t13-,14+. The number of carbonyl (C=O) groups excluding carboxylic acids is 1. The lowest BCUT2D eigenvalue weighted by Gasteiger charge is -2.35. The fraction of sp³-hybridized carbons (Fsp3) is 0.421. The molecule has 2 heterocycles. The Morgan fingerprint density at radius 1 is 1.19 bits per heavy atom. The molecule has 0 saturated carbocycles. The fourth-order valence-electron chi connectivity index (χ4n) is 3.11. The maximum absolute atomic E-state index is 13.0. The first-order valence-electron chi connectivity index (χ1n) is 8.59. The second-order valence-electron chi connectivity index (χ2n) is 6.61. The van der Waals surface area contributed by atoms with Gasteiger partial charge in [-0.2, -0.15) is 9.78 Å². The predicted molar refractivity (Wildman–Crippen MR) is 97.0 cm³/mol. The molecule has 3 rings (SSSR count). The van der Waals surface area contributed by atoms with Gasteiger partial charge in [-0.3, -0.25) is 9.59 Å². The van der Waals surface area contributed by atoms with E-state index in [-0.39, 0.29) is 35.1 Å². The second-order valence-corrected chi connectivity index (χ2v) is 6.61. The van der Waals surface area contributed by atoms with Crippen LogP contribution in [0.3, 0.4) is 0 Å². The fourth-order valence-corrected chi connectivity index (χ4v) is 3.11. The molecule has 2 aromatic rings. The van der Waals surface area contributed by atoms with Gasteiger partial charge in [0.25, 0.3) is 11.5 Å². The molecular formula is C19H23N3O4. The van der Waals surface area contributed by atoms with Crippen LogP contribution in [0.25, 0.3) is 5.69 Å². The van der Waals surface area contributed by atoms with Gasteiger partial charge < -0.3 is 14.4 Å². The van der Waals surface area contributed by atoms with Gasteiger partial charge >= 0.3 is 0 Å². The molecule has 0 radical (unpaired) electrons. The summed E-state index contributed by atoms with van der Waals surface area (Å²) in [5, 5.41) is 4.32. The van der Waals surface area contributed by atoms with Gasteiger partial charge in [0.15, 0.2) is 11.4 Å². The van der Waals surface area contributed by atoms with Crippen LogP contribution in [0.15, 0.2) is 35.1 Å². The molecule has 0 unspecified atom stereocenters. The van der Waals surface area contributed by atoms with Crippen molar-refractivity contribution in [2.24, 2.45) is 0 Å². The van der Waals surface area contributed by atoms with Crippen molar-refractivity contribution in [2.75, 3.05) is 20.2 Å². The minimum Gasteiger partial charge on any atom is -0.494 e. The third-order valence-corrected chi connectivity index (χ3v) is 4.30. The molecule has 26 heavy (non-hydrogen) atoms. The first kappa shape index (κ1) is 18.1. The first-order valence-corrected chi connectivity index (χ1v) is 8.59. The van der Waals surface area contributed by atoms with Crippen LogP contribution in [0, 0.1) is 6.92 Å². The Balaban J connectivity index is 2.02. The van der Waals surface area contributed by atoms with E-state index in [2.05, 4.69) is 5.10 Å². The SMILES string of the molecule is COc1cc(=O)n(-c2ccc(C)cc2)nc1C(=O)N1C[C@@H](C)O[C@@H](C)C1. The zero-order valence-electron chi connectivity index (χ0n) is 15.4. The summed E-state index contributed by atoms with van der Waals surface area (Å²) in [5.74, 6) is -0.0973. The average Bonchev–Trinajstić information content (AvgIpc) is 2.61. The average molecular weight is 357 g/mol. The van der Waals surface area contributed by atoms with Crippen molar-refractivity contribution >= 4 is 5.91 Å². The van der Waals surface area contributed by atoms with Crippen LogP contribution >= 0.6 is 0 Å². The van der Waals surface area contributed by atoms with Gasteiger partial charge in [0.1, 0.15) is 0 Å². The van der Waals surface area contributed by atoms with Crippen LogP contribution in [0.2, 0.25) is 0 Å². The molecule has 0 bridgehead atoms. The summed E-state index contributed by atoms with van der Waals surface area (Å²) in [4.78, 5) is 27.1. The van der Waals surface area contributed by atoms with Crippen molar-refractivity contribution in [1.29, 1.82) is 0 Å². The van der Waals surface area contributed by atoms with Crippen LogP contribution in [-0.2, 0) is 4.74 Å². The summed E-state index contributed by atoms with van der Waals surface area (Å²) in [6.07, 6.45) is -0.117. The number of nitrogens with zero attached hydrogens (tertiary/aromatic N) is 3. The van der Waals surface area contributed by atoms with Crippen LogP contribution in [-0.4, -0.2) is 53.0 Å². The summed E-state index contributed by atoms with van der Waals surface area (Å²) in [6.45, 7) is 6.75. The lowest BCUT2D eigenvalue weighted by atomic mass is 10.2. The van der Waals surface area contributed by atoms with Crippen molar-refractivity contribution < 1.29 is 14.3 Å². The molecule has 1 aromatic carbocycles. The minimum absolute atomic E-state index is 0.0586. The maximum Gasteiger partial charge on any atom is 0.278 e. The second kappa shape index (κ2) is 7.29. The first-order chi connectivity index (χ1) is 12.4. The van der Waals surface area contributed by atoms with Crippen LogP contribution in [0.1, 0.15) is 29.9 Å². The molecule has 1 saturated heterocycles. The topological polar surface area (TPSA) is 73.7 Å². The number of benzene rings is 1. The van der Waals surface area contributed by atoms with Crippen molar-refractivity contribution in [3.63, 3.8) is 0 Å². The number of aromatic nitrogens is 2. The molecule has 1 fully saturated rings. The highest BCUT2D eigenvalue weighted by Gasteiger charge is 2.30. The van der Waals surface area contributed by atoms with E-state index >= 15 is 0 Å². The van der Waals surface area contributed by atoms with E-state index in [4.69, 9.17) is 9.47 Å². The number of hydrogen-bond donors (Lipinski definition) is 0. The predicted octanol–water partition coefficient (Wildman–Crippen LogP) is 1.80. The zero-order valence-corrected chi connectivity index (χ0v) is 15.4. The number of carbonyl (C=O) groups is 1. The molecular weight excluding hydrogens is 334 g/mol. The van der Waals surface area contributed by atoms with E-state index in [1.165, 1.54) is 17.9 Å². The Bertz CT molecular complexity index is 850. The van der Waals surface area contributed by atoms with Gasteiger partial charge in [-0.25, -0.2) is 0 Å². The highest BCUT2D eigenvalue weighted by molar-refractivity contribution is 5.95. The van der Waals surface area contributed by atoms with Gasteiger partial charge in [-0.05, 0) is 32.9 Å². The van der Waals surface area contributed by atoms with Gasteiger partial charge in [-0.15, -0.1) is 0 Å². The molecule has 2 atom stereocenters. The van der Waals surface area contributed by atoms with E-state index in [1.54, 1.807) is 17.0 Å². The van der Waals surface area contributed by atoms with Crippen LogP contribution < -0.4 is 10.3 Å². The molecule has 0 spiro atoms. The molecule has 138 valence electrons. The van der Waals surface area contributed by atoms with E-state index < -0.39 is 0 Å². The largest absolute Gasteiger partial charge is 0.494 e. The third-order valence-electron chi connectivity index (χ3n) is 4.30. The summed E-state index contributed by atoms with van der Waals surface area (Å²) >= 11 is 0. The minimum atomic E-state index is -0.356. The number of ether oxygens (including phenoxy) is 2. The van der Waals surface area contributed by atoms with Gasteiger partial charge in [0.05, 0.1) is 31.1 Å². The smallest absolute Gasteiger partial charge is 0.278 e. The van der Waals surface area contributed by atoms with E-state index in [0.717, 1.165) is 5.56 Å². The molecule has 1 aromatic heterocycles. The van der Waals surface area contributed by atoms with E-state index in [0.29, 0.717) is 18.8 Å². The highest BCUT2D eigenvalue weighted by atomic mass is 16.5. The highest BCUT2D eigenvalue weighted by Crippen LogP contribution is 2.19.